The maximum Gasteiger partial charge on any atom is 0.321 e. The van der Waals surface area contributed by atoms with Gasteiger partial charge in [-0.1, -0.05) is 57.0 Å². The molecule has 0 radical (unpaired) electrons. The molecule has 0 bridgehead atoms. The Morgan fingerprint density at radius 1 is 1.04 bits per heavy atom. The van der Waals surface area contributed by atoms with Crippen LogP contribution in [0, 0.1) is 0 Å². The third-order valence-corrected chi connectivity index (χ3v) is 3.23. The van der Waals surface area contributed by atoms with E-state index >= 15 is 0 Å². The van der Waals surface area contributed by atoms with Crippen molar-refractivity contribution in [3.05, 3.63) is 35.9 Å². The summed E-state index contributed by atoms with van der Waals surface area (Å²) in [4.78, 5) is 22.5. The van der Waals surface area contributed by atoms with Gasteiger partial charge in [0.25, 0.3) is 5.91 Å². The van der Waals surface area contributed by atoms with E-state index in [9.17, 15) is 18.4 Å². The lowest BCUT2D eigenvalue weighted by atomic mass is 10.1. The number of esters is 1. The number of hydrogen-bond donors (Lipinski definition) is 1. The van der Waals surface area contributed by atoms with E-state index in [1.54, 1.807) is 0 Å². The van der Waals surface area contributed by atoms with Gasteiger partial charge in [-0.15, -0.1) is 0 Å². The molecule has 142 valence electrons. The summed E-state index contributed by atoms with van der Waals surface area (Å²) in [5.74, 6) is -4.82. The number of benzene rings is 1. The van der Waals surface area contributed by atoms with Crippen LogP contribution in [0.1, 0.15) is 58.4 Å². The van der Waals surface area contributed by atoms with Crippen molar-refractivity contribution in [1.29, 1.82) is 0 Å². The standard InChI is InChI=1S/C17H23F2NO3.C2H6/c1-17(18,19)16(22)20-12-8-3-2-7-11-15(21)23-13-14-9-5-4-6-10-14;1-2/h4-6,9-10H,2-3,7-8,11-13H2,1H3,(H,20,22);1-2H3. The summed E-state index contributed by atoms with van der Waals surface area (Å²) in [7, 11) is 0. The minimum Gasteiger partial charge on any atom is -0.461 e. The van der Waals surface area contributed by atoms with Gasteiger partial charge in [0, 0.05) is 19.9 Å². The van der Waals surface area contributed by atoms with E-state index in [2.05, 4.69) is 5.32 Å². The average molecular weight is 357 g/mol. The van der Waals surface area contributed by atoms with Crippen molar-refractivity contribution in [2.45, 2.75) is 65.4 Å². The number of carbonyl (C=O) groups is 2. The van der Waals surface area contributed by atoms with Crippen LogP contribution in [0.15, 0.2) is 30.3 Å². The zero-order valence-electron chi connectivity index (χ0n) is 15.3. The van der Waals surface area contributed by atoms with Crippen LogP contribution in [0.25, 0.3) is 0 Å². The summed E-state index contributed by atoms with van der Waals surface area (Å²) in [5.41, 5.74) is 0.948. The zero-order chi connectivity index (χ0) is 19.1. The maximum absolute atomic E-state index is 12.6. The van der Waals surface area contributed by atoms with Crippen molar-refractivity contribution in [3.63, 3.8) is 0 Å². The number of amides is 1. The average Bonchev–Trinajstić information content (AvgIpc) is 2.60. The molecule has 0 aromatic heterocycles. The quantitative estimate of drug-likeness (QED) is 0.496. The molecule has 0 aliphatic rings. The summed E-state index contributed by atoms with van der Waals surface area (Å²) in [6.45, 7) is 5.07. The Kier molecular flexibility index (Phi) is 12.3. The lowest BCUT2D eigenvalue weighted by Gasteiger charge is -2.10. The number of hydrogen-bond acceptors (Lipinski definition) is 3. The predicted octanol–water partition coefficient (Wildman–Crippen LogP) is 4.48. The van der Waals surface area contributed by atoms with E-state index in [1.807, 2.05) is 44.2 Å². The topological polar surface area (TPSA) is 55.4 Å². The highest BCUT2D eigenvalue weighted by atomic mass is 19.3. The van der Waals surface area contributed by atoms with Gasteiger partial charge in [-0.3, -0.25) is 9.59 Å². The number of halogens is 2. The summed E-state index contributed by atoms with van der Waals surface area (Å²) >= 11 is 0. The van der Waals surface area contributed by atoms with Crippen LogP contribution in [0.5, 0.6) is 0 Å². The molecular formula is C19H29F2NO3. The highest BCUT2D eigenvalue weighted by molar-refractivity contribution is 5.82. The number of carbonyl (C=O) groups excluding carboxylic acids is 2. The second kappa shape index (κ2) is 13.3. The largest absolute Gasteiger partial charge is 0.461 e. The molecule has 0 saturated carbocycles. The normalized spacial score (nSPS) is 10.4. The summed E-state index contributed by atoms with van der Waals surface area (Å²) < 4.78 is 30.3. The van der Waals surface area contributed by atoms with Gasteiger partial charge in [0.2, 0.25) is 0 Å². The minimum absolute atomic E-state index is 0.223. The minimum atomic E-state index is -3.33. The molecule has 0 atom stereocenters. The molecule has 0 aliphatic carbocycles. The highest BCUT2D eigenvalue weighted by Gasteiger charge is 2.31. The molecule has 6 heteroatoms. The number of ether oxygens (including phenoxy) is 1. The Balaban J connectivity index is 0.00000277. The summed E-state index contributed by atoms with van der Waals surface area (Å²) in [6.07, 6.45) is 3.19. The van der Waals surface area contributed by atoms with Crippen molar-refractivity contribution >= 4 is 11.9 Å². The molecule has 1 aromatic rings. The Bertz CT molecular complexity index is 487. The van der Waals surface area contributed by atoms with Crippen molar-refractivity contribution in [1.82, 2.24) is 5.32 Å². The van der Waals surface area contributed by atoms with E-state index in [1.165, 1.54) is 0 Å². The SMILES string of the molecule is CC.CC(F)(F)C(=O)NCCCCCCC(=O)OCc1ccccc1. The molecule has 1 N–H and O–H groups in total. The van der Waals surface area contributed by atoms with Crippen LogP contribution in [0.4, 0.5) is 8.78 Å². The van der Waals surface area contributed by atoms with Crippen LogP contribution >= 0.6 is 0 Å². The first-order valence-electron chi connectivity index (χ1n) is 8.75. The first-order chi connectivity index (χ1) is 11.9. The fraction of sp³-hybridized carbons (Fsp3) is 0.579. The molecular weight excluding hydrogens is 328 g/mol. The molecule has 0 spiro atoms. The maximum atomic E-state index is 12.6. The number of nitrogens with one attached hydrogen (secondary N) is 1. The summed E-state index contributed by atoms with van der Waals surface area (Å²) in [5, 5.41) is 2.18. The third kappa shape index (κ3) is 12.1. The lowest BCUT2D eigenvalue weighted by Crippen LogP contribution is -2.38. The van der Waals surface area contributed by atoms with E-state index in [0.717, 1.165) is 18.4 Å². The van der Waals surface area contributed by atoms with Gasteiger partial charge in [-0.05, 0) is 18.4 Å². The summed E-state index contributed by atoms with van der Waals surface area (Å²) in [6, 6.07) is 9.45. The van der Waals surface area contributed by atoms with Gasteiger partial charge in [0.15, 0.2) is 0 Å². The molecule has 0 fully saturated rings. The van der Waals surface area contributed by atoms with E-state index in [0.29, 0.717) is 26.2 Å². The lowest BCUT2D eigenvalue weighted by molar-refractivity contribution is -0.145. The van der Waals surface area contributed by atoms with E-state index in [4.69, 9.17) is 4.74 Å². The first kappa shape index (κ1) is 23.0. The van der Waals surface area contributed by atoms with Crippen LogP contribution in [0.2, 0.25) is 0 Å². The highest BCUT2D eigenvalue weighted by Crippen LogP contribution is 2.11. The van der Waals surface area contributed by atoms with Gasteiger partial charge in [-0.25, -0.2) is 0 Å². The fourth-order valence-electron chi connectivity index (χ4n) is 1.92. The van der Waals surface area contributed by atoms with Crippen LogP contribution in [-0.4, -0.2) is 24.3 Å². The Morgan fingerprint density at radius 2 is 1.64 bits per heavy atom. The monoisotopic (exact) mass is 357 g/mol. The van der Waals surface area contributed by atoms with Crippen LogP contribution < -0.4 is 5.32 Å². The van der Waals surface area contributed by atoms with Gasteiger partial charge in [0.05, 0.1) is 0 Å². The number of unbranched alkanes of at least 4 members (excludes halogenated alkanes) is 3. The number of alkyl halides is 2. The second-order valence-corrected chi connectivity index (χ2v) is 5.45. The molecule has 1 rings (SSSR count). The number of rotatable bonds is 10. The van der Waals surface area contributed by atoms with E-state index < -0.39 is 11.8 Å². The molecule has 1 aromatic carbocycles. The van der Waals surface area contributed by atoms with E-state index in [-0.39, 0.29) is 19.1 Å². The van der Waals surface area contributed by atoms with Gasteiger partial charge < -0.3 is 10.1 Å². The molecule has 0 saturated heterocycles. The van der Waals surface area contributed by atoms with Crippen molar-refractivity contribution in [2.24, 2.45) is 0 Å². The Morgan fingerprint density at radius 3 is 2.24 bits per heavy atom. The molecule has 0 unspecified atom stereocenters. The van der Waals surface area contributed by atoms with Crippen LogP contribution in [-0.2, 0) is 20.9 Å². The van der Waals surface area contributed by atoms with Gasteiger partial charge in [-0.2, -0.15) is 8.78 Å². The Hall–Kier alpha value is -1.98. The van der Waals surface area contributed by atoms with Crippen molar-refractivity contribution in [2.75, 3.05) is 6.54 Å². The van der Waals surface area contributed by atoms with Gasteiger partial charge in [0.1, 0.15) is 6.61 Å². The smallest absolute Gasteiger partial charge is 0.321 e. The molecule has 0 aliphatic heterocycles. The van der Waals surface area contributed by atoms with Crippen LogP contribution in [0.3, 0.4) is 0 Å². The Labute approximate surface area is 148 Å². The zero-order valence-corrected chi connectivity index (χ0v) is 15.3. The fourth-order valence-corrected chi connectivity index (χ4v) is 1.92. The third-order valence-electron chi connectivity index (χ3n) is 3.23. The van der Waals surface area contributed by atoms with Crippen molar-refractivity contribution < 1.29 is 23.1 Å². The second-order valence-electron chi connectivity index (χ2n) is 5.45. The van der Waals surface area contributed by atoms with Gasteiger partial charge >= 0.3 is 11.9 Å². The molecule has 1 amide bonds. The molecule has 25 heavy (non-hydrogen) atoms. The predicted molar refractivity (Wildman–Crippen MR) is 94.3 cm³/mol. The van der Waals surface area contributed by atoms with Crippen molar-refractivity contribution in [3.8, 4) is 0 Å². The first-order valence-corrected chi connectivity index (χ1v) is 8.75. The molecule has 4 nitrogen and oxygen atoms in total. The molecule has 0 heterocycles.